The van der Waals surface area contributed by atoms with Crippen molar-refractivity contribution < 1.29 is 106 Å². The predicted octanol–water partition coefficient (Wildman–Crippen LogP) is 9.01. The van der Waals surface area contributed by atoms with Gasteiger partial charge in [-0.05, 0) is 12.1 Å². The van der Waals surface area contributed by atoms with Crippen LogP contribution in [-0.4, -0.2) is 24.4 Å². The van der Waals surface area contributed by atoms with Crippen molar-refractivity contribution in [2.24, 2.45) is 0 Å². The Bertz CT molecular complexity index is 2860. The minimum atomic E-state index is -7.22. The lowest BCUT2D eigenvalue weighted by molar-refractivity contribution is -0.659. The second kappa shape index (κ2) is 18.7. The third-order valence-corrected chi connectivity index (χ3v) is 10.5. The molecule has 0 aliphatic heterocycles. The Morgan fingerprint density at radius 2 is 0.647 bits per heavy atom. The van der Waals surface area contributed by atoms with E-state index >= 15 is 35.1 Å². The largest absolute Gasteiger partial charge is 0.287 e. The Balaban J connectivity index is 0.000000276. The van der Waals surface area contributed by atoms with Crippen LogP contribution in [0.2, 0.25) is 0 Å². The topological polar surface area (TPSA) is 38.0 Å². The molecule has 1 aromatic heterocycles. The zero-order chi connectivity index (χ0) is 50.6. The molecule has 1 heterocycles. The molecule has 68 heavy (non-hydrogen) atoms. The Morgan fingerprint density at radius 3 is 0.971 bits per heavy atom. The van der Waals surface area contributed by atoms with E-state index < -0.39 is 157 Å². The molecule has 354 valence electrons. The molecule has 25 heteroatoms. The normalized spacial score (nSPS) is 11.5. The SMILES string of the molecule is Fc1c(F)c(F)c([B-](c2c(F)c(F)c(F)c(F)c2F)(c2c(F)c(F)c(F)c(F)c2F)c2c(F)c(F)c(F)c(F)c2F)c(F)c1F.O=C(C[n+]1c(C(=O)CF)ccc2ccccc21)c1ccccc1. The van der Waals surface area contributed by atoms with Gasteiger partial charge in [-0.3, -0.25) is 9.59 Å². The summed E-state index contributed by atoms with van der Waals surface area (Å²) in [6.45, 7) is -1.09. The zero-order valence-corrected chi connectivity index (χ0v) is 32.5. The standard InChI is InChI=1S/C24BF20.C19H15FNO2/c26-5-1(6(27)14(35)21(42)13(5)34)25(2-7(28)15(36)22(43)16(37)8(2)29,3-9(30)17(38)23(44)18(39)10(3)31)4-11(32)19(40)24(45)20(41)12(4)33;20-12-18(22)17-11-10-14-6-4-5-9-16(14)21(17)13-19(23)15-7-2-1-3-8-15/h;1-11H,12-13H2/q-1;+1. The molecule has 0 saturated heterocycles. The van der Waals surface area contributed by atoms with Gasteiger partial charge in [-0.1, -0.05) is 42.5 Å². The van der Waals surface area contributed by atoms with Crippen LogP contribution >= 0.6 is 0 Å². The Hall–Kier alpha value is -7.34. The van der Waals surface area contributed by atoms with Crippen molar-refractivity contribution >= 4 is 50.5 Å². The van der Waals surface area contributed by atoms with E-state index in [9.17, 15) is 66.7 Å². The molecular weight excluding hydrogens is 972 g/mol. The number of benzene rings is 6. The van der Waals surface area contributed by atoms with Crippen LogP contribution in [-0.2, 0) is 6.54 Å². The Kier molecular flexibility index (Phi) is 13.8. The molecule has 0 spiro atoms. The highest BCUT2D eigenvalue weighted by Crippen LogP contribution is 2.31. The van der Waals surface area contributed by atoms with E-state index in [0.29, 0.717) is 5.56 Å². The molecule has 7 aromatic rings. The highest BCUT2D eigenvalue weighted by molar-refractivity contribution is 7.20. The second-order valence-electron chi connectivity index (χ2n) is 14.0. The number of carbonyl (C=O) groups excluding carboxylic acids is 2. The molecule has 0 amide bonds. The van der Waals surface area contributed by atoms with Crippen LogP contribution < -0.4 is 26.4 Å². The maximum Gasteiger partial charge on any atom is 0.257 e. The second-order valence-corrected chi connectivity index (χ2v) is 14.0. The van der Waals surface area contributed by atoms with Gasteiger partial charge in [-0.15, -0.1) is 21.9 Å². The summed E-state index contributed by atoms with van der Waals surface area (Å²) in [7, 11) is 0. The summed E-state index contributed by atoms with van der Waals surface area (Å²) in [5.74, 6) is -72.2. The number of hydrogen-bond donors (Lipinski definition) is 0. The first-order valence-electron chi connectivity index (χ1n) is 18.2. The number of para-hydroxylation sites is 1. The number of halogens is 21. The summed E-state index contributed by atoms with van der Waals surface area (Å²) in [5.41, 5.74) is -12.8. The first-order valence-corrected chi connectivity index (χ1v) is 18.2. The van der Waals surface area contributed by atoms with Crippen LogP contribution in [0.3, 0.4) is 0 Å². The highest BCUT2D eigenvalue weighted by Gasteiger charge is 2.52. The summed E-state index contributed by atoms with van der Waals surface area (Å²) < 4.78 is 308. The third-order valence-electron chi connectivity index (χ3n) is 10.5. The van der Waals surface area contributed by atoms with Gasteiger partial charge in [0.05, 0.1) is 0 Å². The molecule has 0 N–H and O–H groups in total. The molecule has 0 aliphatic carbocycles. The van der Waals surface area contributed by atoms with Crippen LogP contribution in [0.15, 0.2) is 66.7 Å². The fourth-order valence-corrected chi connectivity index (χ4v) is 7.48. The molecule has 0 fully saturated rings. The predicted molar refractivity (Wildman–Crippen MR) is 194 cm³/mol. The van der Waals surface area contributed by atoms with Crippen molar-refractivity contribution in [2.45, 2.75) is 6.54 Å². The van der Waals surface area contributed by atoms with E-state index in [1.54, 1.807) is 41.0 Å². The van der Waals surface area contributed by atoms with Gasteiger partial charge >= 0.3 is 0 Å². The van der Waals surface area contributed by atoms with Crippen LogP contribution in [0.1, 0.15) is 20.8 Å². The lowest BCUT2D eigenvalue weighted by Crippen LogP contribution is -2.81. The maximum atomic E-state index is 15.4. The van der Waals surface area contributed by atoms with Crippen molar-refractivity contribution in [2.75, 3.05) is 6.67 Å². The Morgan fingerprint density at radius 1 is 0.353 bits per heavy atom. The maximum absolute atomic E-state index is 15.4. The minimum Gasteiger partial charge on any atom is -0.287 e. The summed E-state index contributed by atoms with van der Waals surface area (Å²) in [5, 5.41) is 0.892. The molecule has 0 atom stereocenters. The van der Waals surface area contributed by atoms with Gasteiger partial charge in [-0.25, -0.2) is 92.2 Å². The van der Waals surface area contributed by atoms with E-state index in [1.807, 2.05) is 30.3 Å². The number of alkyl halides is 1. The number of carbonyl (C=O) groups is 2. The molecule has 0 bridgehead atoms. The average Bonchev–Trinajstić information content (AvgIpc) is 3.34. The monoisotopic (exact) mass is 987 g/mol. The van der Waals surface area contributed by atoms with Crippen molar-refractivity contribution in [3.05, 3.63) is 194 Å². The number of rotatable bonds is 9. The number of nitrogens with zero attached hydrogens (tertiary/aromatic N) is 1. The van der Waals surface area contributed by atoms with Gasteiger partial charge in [0.15, 0.2) is 76.5 Å². The average molecular weight is 987 g/mol. The van der Waals surface area contributed by atoms with Crippen LogP contribution in [0.4, 0.5) is 92.2 Å². The molecule has 6 aromatic carbocycles. The fourth-order valence-electron chi connectivity index (χ4n) is 7.48. The van der Waals surface area contributed by atoms with Crippen LogP contribution in [0, 0.1) is 116 Å². The summed E-state index contributed by atoms with van der Waals surface area (Å²) >= 11 is 0. The van der Waals surface area contributed by atoms with E-state index in [-0.39, 0.29) is 18.0 Å². The summed E-state index contributed by atoms with van der Waals surface area (Å²) in [6, 6.07) is 19.6. The fraction of sp³-hybridized carbons (Fsp3) is 0.0465. The molecule has 0 radical (unpaired) electrons. The van der Waals surface area contributed by atoms with E-state index in [1.165, 1.54) is 0 Å². The third kappa shape index (κ3) is 7.75. The van der Waals surface area contributed by atoms with Gasteiger partial charge in [0.25, 0.3) is 11.5 Å². The number of ketones is 2. The summed E-state index contributed by atoms with van der Waals surface area (Å²) in [6.07, 6.45) is -7.22. The van der Waals surface area contributed by atoms with E-state index in [0.717, 1.165) is 10.9 Å². The number of fused-ring (bicyclic) bond motifs is 1. The van der Waals surface area contributed by atoms with Crippen molar-refractivity contribution in [1.82, 2.24) is 0 Å². The molecule has 3 nitrogen and oxygen atoms in total. The molecule has 0 saturated carbocycles. The number of pyridine rings is 1. The van der Waals surface area contributed by atoms with Gasteiger partial charge < -0.3 is 0 Å². The van der Waals surface area contributed by atoms with Gasteiger partial charge in [0.1, 0.15) is 52.7 Å². The molecule has 0 unspecified atom stereocenters. The number of Topliss-reactive ketones (excluding diaryl/α,β-unsaturated/α-hetero) is 2. The van der Waals surface area contributed by atoms with E-state index in [2.05, 4.69) is 0 Å². The quantitative estimate of drug-likeness (QED) is 0.0362. The van der Waals surface area contributed by atoms with Gasteiger partial charge in [0, 0.05) is 23.1 Å². The Labute approximate surface area is 364 Å². The molecule has 7 rings (SSSR count). The van der Waals surface area contributed by atoms with Crippen molar-refractivity contribution in [3.63, 3.8) is 0 Å². The van der Waals surface area contributed by atoms with Gasteiger partial charge in [-0.2, -0.15) is 4.57 Å². The summed E-state index contributed by atoms with van der Waals surface area (Å²) in [4.78, 5) is 24.4. The number of hydrogen-bond acceptors (Lipinski definition) is 2. The number of aromatic nitrogens is 1. The highest BCUT2D eigenvalue weighted by atomic mass is 19.2. The van der Waals surface area contributed by atoms with Crippen LogP contribution in [0.5, 0.6) is 0 Å². The lowest BCUT2D eigenvalue weighted by atomic mass is 9.12. The zero-order valence-electron chi connectivity index (χ0n) is 32.5. The van der Waals surface area contributed by atoms with E-state index in [4.69, 9.17) is 0 Å². The van der Waals surface area contributed by atoms with Crippen LogP contribution in [0.25, 0.3) is 10.9 Å². The lowest BCUT2D eigenvalue weighted by Gasteiger charge is -2.44. The van der Waals surface area contributed by atoms with Gasteiger partial charge in [0.2, 0.25) is 17.8 Å². The first-order chi connectivity index (χ1) is 31.9. The first kappa shape index (κ1) is 50.1. The van der Waals surface area contributed by atoms with Crippen molar-refractivity contribution in [3.8, 4) is 0 Å². The minimum absolute atomic E-state index is 0.00750. The molecular formula is C43H15BF21NO2. The molecule has 0 aliphatic rings. The smallest absolute Gasteiger partial charge is 0.257 e. The van der Waals surface area contributed by atoms with Crippen molar-refractivity contribution in [1.29, 1.82) is 0 Å².